The molecule has 0 N–H and O–H groups in total. The predicted molar refractivity (Wildman–Crippen MR) is 54.2 cm³/mol. The lowest BCUT2D eigenvalue weighted by Crippen LogP contribution is -2.29. The molecule has 1 heterocycles. The number of hydrogen-bond donors (Lipinski definition) is 0. The minimum Gasteiger partial charge on any atom is -0.461 e. The first-order valence-electron chi connectivity index (χ1n) is 5.31. The zero-order chi connectivity index (χ0) is 10.0. The van der Waals surface area contributed by atoms with Crippen molar-refractivity contribution in [3.8, 4) is 0 Å². The third-order valence-electron chi connectivity index (χ3n) is 3.25. The van der Waals surface area contributed by atoms with E-state index in [4.69, 9.17) is 4.42 Å². The number of hydrogen-bond acceptors (Lipinski definition) is 2. The Hall–Kier alpha value is -1.05. The highest BCUT2D eigenvalue weighted by Crippen LogP contribution is 2.38. The van der Waals surface area contributed by atoms with E-state index in [0.29, 0.717) is 5.76 Å². The highest BCUT2D eigenvalue weighted by atomic mass is 16.3. The molecule has 2 heteroatoms. The quantitative estimate of drug-likeness (QED) is 0.672. The first-order valence-corrected chi connectivity index (χ1v) is 5.31. The van der Waals surface area contributed by atoms with Crippen molar-refractivity contribution in [1.82, 2.24) is 0 Å². The predicted octanol–water partition coefficient (Wildman–Crippen LogP) is 3.43. The molecule has 0 bridgehead atoms. The van der Waals surface area contributed by atoms with Crippen molar-refractivity contribution in [2.45, 2.75) is 39.0 Å². The van der Waals surface area contributed by atoms with Crippen molar-refractivity contribution >= 4 is 5.78 Å². The fourth-order valence-corrected chi connectivity index (χ4v) is 2.26. The van der Waals surface area contributed by atoms with E-state index < -0.39 is 0 Å². The van der Waals surface area contributed by atoms with Gasteiger partial charge in [0.1, 0.15) is 0 Å². The topological polar surface area (TPSA) is 30.2 Å². The highest BCUT2D eigenvalue weighted by Gasteiger charge is 2.36. The zero-order valence-corrected chi connectivity index (χ0v) is 8.58. The number of ketones is 1. The van der Waals surface area contributed by atoms with Crippen molar-refractivity contribution in [3.63, 3.8) is 0 Å². The molecular weight excluding hydrogens is 176 g/mol. The Morgan fingerprint density at radius 1 is 1.36 bits per heavy atom. The summed E-state index contributed by atoms with van der Waals surface area (Å²) in [5.74, 6) is 0.705. The van der Waals surface area contributed by atoms with E-state index in [1.807, 2.05) is 0 Å². The van der Waals surface area contributed by atoms with Gasteiger partial charge in [-0.25, -0.2) is 0 Å². The van der Waals surface area contributed by atoms with E-state index in [9.17, 15) is 4.79 Å². The molecule has 1 aromatic heterocycles. The molecule has 0 unspecified atom stereocenters. The van der Waals surface area contributed by atoms with Gasteiger partial charge in [0.2, 0.25) is 5.78 Å². The fourth-order valence-electron chi connectivity index (χ4n) is 2.26. The first-order chi connectivity index (χ1) is 6.72. The third-order valence-corrected chi connectivity index (χ3v) is 3.25. The van der Waals surface area contributed by atoms with E-state index >= 15 is 0 Å². The van der Waals surface area contributed by atoms with Gasteiger partial charge in [-0.2, -0.15) is 0 Å². The molecule has 2 rings (SSSR count). The van der Waals surface area contributed by atoms with Crippen LogP contribution in [0.4, 0.5) is 0 Å². The lowest BCUT2D eigenvalue weighted by Gasteiger charge is -2.30. The number of carbonyl (C=O) groups is 1. The monoisotopic (exact) mass is 192 g/mol. The minimum absolute atomic E-state index is 0.171. The van der Waals surface area contributed by atoms with Gasteiger partial charge in [-0.3, -0.25) is 4.79 Å². The van der Waals surface area contributed by atoms with Crippen molar-refractivity contribution in [2.75, 3.05) is 0 Å². The SMILES string of the molecule is CC1(C(=O)c2ccco2)CCCCC1. The van der Waals surface area contributed by atoms with Crippen LogP contribution in [0, 0.1) is 5.41 Å². The van der Waals surface area contributed by atoms with Crippen LogP contribution >= 0.6 is 0 Å². The number of rotatable bonds is 2. The van der Waals surface area contributed by atoms with Gasteiger partial charge in [0.05, 0.1) is 6.26 Å². The minimum atomic E-state index is -0.171. The van der Waals surface area contributed by atoms with Crippen LogP contribution in [0.5, 0.6) is 0 Å². The molecule has 0 spiro atoms. The zero-order valence-electron chi connectivity index (χ0n) is 8.58. The van der Waals surface area contributed by atoms with Crippen LogP contribution < -0.4 is 0 Å². The van der Waals surface area contributed by atoms with Gasteiger partial charge in [0.15, 0.2) is 5.76 Å². The molecule has 0 aromatic carbocycles. The van der Waals surface area contributed by atoms with Crippen molar-refractivity contribution < 1.29 is 9.21 Å². The average molecular weight is 192 g/mol. The van der Waals surface area contributed by atoms with E-state index in [1.165, 1.54) is 19.3 Å². The fraction of sp³-hybridized carbons (Fsp3) is 0.583. The lowest BCUT2D eigenvalue weighted by molar-refractivity contribution is 0.0718. The summed E-state index contributed by atoms with van der Waals surface area (Å²) in [6.07, 6.45) is 7.19. The summed E-state index contributed by atoms with van der Waals surface area (Å²) in [7, 11) is 0. The Bertz CT molecular complexity index is 305. The number of furan rings is 1. The average Bonchev–Trinajstić information content (AvgIpc) is 2.70. The largest absolute Gasteiger partial charge is 0.461 e. The summed E-state index contributed by atoms with van der Waals surface area (Å²) in [6.45, 7) is 2.07. The molecule has 14 heavy (non-hydrogen) atoms. The van der Waals surface area contributed by atoms with Gasteiger partial charge in [-0.05, 0) is 25.0 Å². The Morgan fingerprint density at radius 2 is 2.07 bits per heavy atom. The third kappa shape index (κ3) is 1.61. The first kappa shape index (κ1) is 9.50. The maximum Gasteiger partial charge on any atom is 0.203 e. The second kappa shape index (κ2) is 3.60. The maximum absolute atomic E-state index is 12.1. The molecule has 76 valence electrons. The van der Waals surface area contributed by atoms with Gasteiger partial charge < -0.3 is 4.42 Å². The van der Waals surface area contributed by atoms with E-state index in [1.54, 1.807) is 18.4 Å². The summed E-state index contributed by atoms with van der Waals surface area (Å²) >= 11 is 0. The number of Topliss-reactive ketones (excluding diaryl/α,β-unsaturated/α-hetero) is 1. The van der Waals surface area contributed by atoms with Crippen LogP contribution in [0.1, 0.15) is 49.6 Å². The molecule has 0 aliphatic heterocycles. The Morgan fingerprint density at radius 3 is 2.64 bits per heavy atom. The molecule has 2 nitrogen and oxygen atoms in total. The molecule has 0 saturated heterocycles. The van der Waals surface area contributed by atoms with Gasteiger partial charge in [-0.15, -0.1) is 0 Å². The summed E-state index contributed by atoms with van der Waals surface area (Å²) in [4.78, 5) is 12.1. The van der Waals surface area contributed by atoms with Crippen LogP contribution in [0.2, 0.25) is 0 Å². The van der Waals surface area contributed by atoms with E-state index in [-0.39, 0.29) is 11.2 Å². The normalized spacial score (nSPS) is 20.6. The van der Waals surface area contributed by atoms with Crippen LogP contribution in [0.25, 0.3) is 0 Å². The molecule has 0 radical (unpaired) electrons. The lowest BCUT2D eigenvalue weighted by atomic mass is 9.72. The van der Waals surface area contributed by atoms with Crippen molar-refractivity contribution in [1.29, 1.82) is 0 Å². The molecule has 1 aromatic rings. The van der Waals surface area contributed by atoms with E-state index in [2.05, 4.69) is 6.92 Å². The molecule has 1 fully saturated rings. The molecular formula is C12H16O2. The van der Waals surface area contributed by atoms with Gasteiger partial charge in [0, 0.05) is 5.41 Å². The van der Waals surface area contributed by atoms with Crippen LogP contribution in [-0.2, 0) is 0 Å². The second-order valence-corrected chi connectivity index (χ2v) is 4.43. The Labute approximate surface area is 84.3 Å². The van der Waals surface area contributed by atoms with Gasteiger partial charge >= 0.3 is 0 Å². The molecule has 1 saturated carbocycles. The van der Waals surface area contributed by atoms with Gasteiger partial charge in [-0.1, -0.05) is 26.2 Å². The molecule has 1 aliphatic rings. The smallest absolute Gasteiger partial charge is 0.203 e. The van der Waals surface area contributed by atoms with Crippen LogP contribution in [0.3, 0.4) is 0 Å². The summed E-state index contributed by atoms with van der Waals surface area (Å²) in [5.41, 5.74) is -0.171. The molecule has 1 aliphatic carbocycles. The number of carbonyl (C=O) groups excluding carboxylic acids is 1. The second-order valence-electron chi connectivity index (χ2n) is 4.43. The Balaban J connectivity index is 2.17. The molecule has 0 amide bonds. The summed E-state index contributed by atoms with van der Waals surface area (Å²) in [6, 6.07) is 3.54. The van der Waals surface area contributed by atoms with Gasteiger partial charge in [0.25, 0.3) is 0 Å². The standard InChI is InChI=1S/C12H16O2/c1-12(7-3-2-4-8-12)11(13)10-6-5-9-14-10/h5-6,9H,2-4,7-8H2,1H3. The molecule has 0 atom stereocenters. The maximum atomic E-state index is 12.1. The van der Waals surface area contributed by atoms with Crippen molar-refractivity contribution in [3.05, 3.63) is 24.2 Å². The Kier molecular flexibility index (Phi) is 2.44. The summed E-state index contributed by atoms with van der Waals surface area (Å²) < 4.78 is 5.16. The van der Waals surface area contributed by atoms with E-state index in [0.717, 1.165) is 12.8 Å². The highest BCUT2D eigenvalue weighted by molar-refractivity contribution is 5.97. The van der Waals surface area contributed by atoms with Crippen LogP contribution in [0.15, 0.2) is 22.8 Å². The summed E-state index contributed by atoms with van der Waals surface area (Å²) in [5, 5.41) is 0. The van der Waals surface area contributed by atoms with Crippen LogP contribution in [-0.4, -0.2) is 5.78 Å². The van der Waals surface area contributed by atoms with Crippen molar-refractivity contribution in [2.24, 2.45) is 5.41 Å².